The van der Waals surface area contributed by atoms with Gasteiger partial charge in [0.25, 0.3) is 0 Å². The molecule has 4 nitrogen and oxygen atoms in total. The third kappa shape index (κ3) is 5.40. The van der Waals surface area contributed by atoms with Gasteiger partial charge in [-0.15, -0.1) is 24.8 Å². The Kier molecular flexibility index (Phi) is 10.1. The summed E-state index contributed by atoms with van der Waals surface area (Å²) in [5.41, 5.74) is 5.89. The van der Waals surface area contributed by atoms with Crippen LogP contribution in [0.3, 0.4) is 0 Å². The van der Waals surface area contributed by atoms with E-state index in [9.17, 15) is 4.79 Å². The second-order valence-electron chi connectivity index (χ2n) is 6.29. The molecule has 2 N–H and O–H groups in total. The predicted molar refractivity (Wildman–Crippen MR) is 89.8 cm³/mol. The molecular weight excluding hydrogens is 297 g/mol. The van der Waals surface area contributed by atoms with Crippen LogP contribution in [0.15, 0.2) is 0 Å². The van der Waals surface area contributed by atoms with Crippen LogP contribution >= 0.6 is 24.8 Å². The zero-order chi connectivity index (χ0) is 13.9. The van der Waals surface area contributed by atoms with Crippen LogP contribution < -0.4 is 5.73 Å². The number of hydrogen-bond donors (Lipinski definition) is 1. The number of carbonyl (C=O) groups excluding carboxylic acids is 1. The third-order valence-electron chi connectivity index (χ3n) is 4.00. The fourth-order valence-electron chi connectivity index (χ4n) is 2.55. The molecule has 20 heavy (non-hydrogen) atoms. The van der Waals surface area contributed by atoms with Crippen LogP contribution in [0.5, 0.6) is 0 Å². The summed E-state index contributed by atoms with van der Waals surface area (Å²) in [4.78, 5) is 16.7. The van der Waals surface area contributed by atoms with Crippen molar-refractivity contribution in [1.29, 1.82) is 0 Å². The minimum absolute atomic E-state index is 0. The van der Waals surface area contributed by atoms with Crippen molar-refractivity contribution in [1.82, 2.24) is 9.80 Å². The molecule has 1 fully saturated rings. The number of carbonyl (C=O) groups is 1. The van der Waals surface area contributed by atoms with E-state index in [0.29, 0.717) is 6.04 Å². The Bertz CT molecular complexity index is 291. The average molecular weight is 328 g/mol. The zero-order valence-electron chi connectivity index (χ0n) is 13.4. The largest absolute Gasteiger partial charge is 0.340 e. The first-order valence-corrected chi connectivity index (χ1v) is 7.09. The molecule has 0 aliphatic carbocycles. The van der Waals surface area contributed by atoms with Crippen molar-refractivity contribution >= 4 is 30.7 Å². The molecule has 1 aliphatic rings. The van der Waals surface area contributed by atoms with Gasteiger partial charge in [0, 0.05) is 19.1 Å². The van der Waals surface area contributed by atoms with Crippen molar-refractivity contribution in [2.75, 3.05) is 26.2 Å². The third-order valence-corrected chi connectivity index (χ3v) is 4.00. The summed E-state index contributed by atoms with van der Waals surface area (Å²) >= 11 is 0. The number of likely N-dealkylation sites (N-methyl/N-ethyl adjacent to an activating group) is 1. The average Bonchev–Trinajstić information content (AvgIpc) is 2.77. The van der Waals surface area contributed by atoms with Gasteiger partial charge in [-0.1, -0.05) is 34.6 Å². The molecule has 0 spiro atoms. The van der Waals surface area contributed by atoms with E-state index in [1.807, 2.05) is 25.7 Å². The van der Waals surface area contributed by atoms with Crippen LogP contribution in [0.25, 0.3) is 0 Å². The van der Waals surface area contributed by atoms with Crippen LogP contribution in [-0.2, 0) is 4.79 Å². The smallest absolute Gasteiger partial charge is 0.240 e. The molecule has 0 aromatic heterocycles. The molecule has 122 valence electrons. The minimum Gasteiger partial charge on any atom is -0.340 e. The highest BCUT2D eigenvalue weighted by Crippen LogP contribution is 2.22. The molecule has 1 heterocycles. The van der Waals surface area contributed by atoms with Gasteiger partial charge >= 0.3 is 0 Å². The fourth-order valence-corrected chi connectivity index (χ4v) is 2.55. The number of hydrogen-bond acceptors (Lipinski definition) is 3. The maximum absolute atomic E-state index is 12.3. The summed E-state index contributed by atoms with van der Waals surface area (Å²) < 4.78 is 0. The second-order valence-corrected chi connectivity index (χ2v) is 6.29. The molecule has 1 unspecified atom stereocenters. The van der Waals surface area contributed by atoms with Gasteiger partial charge in [0.05, 0.1) is 6.04 Å². The Balaban J connectivity index is 0. The van der Waals surface area contributed by atoms with E-state index < -0.39 is 6.04 Å². The number of likely N-dealkylation sites (tertiary alicyclic amines) is 1. The molecule has 1 aliphatic heterocycles. The summed E-state index contributed by atoms with van der Waals surface area (Å²) in [7, 11) is 0. The van der Waals surface area contributed by atoms with Crippen LogP contribution in [0, 0.1) is 5.41 Å². The fraction of sp³-hybridized carbons (Fsp3) is 0.929. The SMILES string of the molecule is CCN(CC)C1CCN(C(=O)[C@@H](N)C(C)(C)C)C1.Cl.Cl. The molecule has 0 saturated carbocycles. The van der Waals surface area contributed by atoms with Crippen molar-refractivity contribution in [3.05, 3.63) is 0 Å². The quantitative estimate of drug-likeness (QED) is 0.860. The second kappa shape index (κ2) is 9.08. The molecule has 0 bridgehead atoms. The predicted octanol–water partition coefficient (Wildman–Crippen LogP) is 2.15. The molecule has 0 radical (unpaired) electrons. The lowest BCUT2D eigenvalue weighted by atomic mass is 9.86. The van der Waals surface area contributed by atoms with E-state index >= 15 is 0 Å². The number of amides is 1. The molecule has 1 saturated heterocycles. The monoisotopic (exact) mass is 327 g/mol. The summed E-state index contributed by atoms with van der Waals surface area (Å²) in [6, 6.07) is 0.115. The van der Waals surface area contributed by atoms with Gasteiger partial charge in [0.15, 0.2) is 0 Å². The first kappa shape index (κ1) is 22.3. The maximum atomic E-state index is 12.3. The van der Waals surface area contributed by atoms with Crippen molar-refractivity contribution in [2.24, 2.45) is 11.1 Å². The lowest BCUT2D eigenvalue weighted by Crippen LogP contribution is -2.50. The Morgan fingerprint density at radius 1 is 1.30 bits per heavy atom. The van der Waals surface area contributed by atoms with Gasteiger partial charge in [-0.05, 0) is 24.9 Å². The Labute approximate surface area is 136 Å². The van der Waals surface area contributed by atoms with E-state index in [4.69, 9.17) is 5.73 Å². The molecule has 6 heteroatoms. The topological polar surface area (TPSA) is 49.6 Å². The van der Waals surface area contributed by atoms with Crippen LogP contribution in [-0.4, -0.2) is 54.0 Å². The summed E-state index contributed by atoms with van der Waals surface area (Å²) in [6.07, 6.45) is 1.07. The number of halogens is 2. The van der Waals surface area contributed by atoms with E-state index in [-0.39, 0.29) is 36.1 Å². The first-order valence-electron chi connectivity index (χ1n) is 7.09. The highest BCUT2D eigenvalue weighted by atomic mass is 35.5. The number of nitrogens with zero attached hydrogens (tertiary/aromatic N) is 2. The molecular formula is C14H31Cl2N3O. The highest BCUT2D eigenvalue weighted by Gasteiger charge is 2.35. The van der Waals surface area contributed by atoms with Crippen LogP contribution in [0.4, 0.5) is 0 Å². The molecule has 1 rings (SSSR count). The summed E-state index contributed by atoms with van der Waals surface area (Å²) in [5, 5.41) is 0. The Hall–Kier alpha value is -0.0300. The Morgan fingerprint density at radius 3 is 2.20 bits per heavy atom. The molecule has 1 amide bonds. The van der Waals surface area contributed by atoms with E-state index in [1.165, 1.54) is 0 Å². The van der Waals surface area contributed by atoms with Gasteiger partial charge < -0.3 is 10.6 Å². The molecule has 2 atom stereocenters. The standard InChI is InChI=1S/C14H29N3O.2ClH/c1-6-16(7-2)11-8-9-17(10-11)13(18)12(15)14(3,4)5;;/h11-12H,6-10,15H2,1-5H3;2*1H/t11?,12-;;/m1../s1. The van der Waals surface area contributed by atoms with Crippen molar-refractivity contribution in [3.63, 3.8) is 0 Å². The lowest BCUT2D eigenvalue weighted by molar-refractivity contribution is -0.134. The summed E-state index contributed by atoms with van der Waals surface area (Å²) in [5.74, 6) is 0.108. The Morgan fingerprint density at radius 2 is 1.80 bits per heavy atom. The van der Waals surface area contributed by atoms with Gasteiger partial charge in [-0.25, -0.2) is 0 Å². The highest BCUT2D eigenvalue weighted by molar-refractivity contribution is 5.85. The number of rotatable bonds is 4. The van der Waals surface area contributed by atoms with Crippen molar-refractivity contribution < 1.29 is 4.79 Å². The summed E-state index contributed by atoms with van der Waals surface area (Å²) in [6.45, 7) is 14.2. The zero-order valence-corrected chi connectivity index (χ0v) is 15.0. The van der Waals surface area contributed by atoms with Crippen molar-refractivity contribution in [3.8, 4) is 0 Å². The normalized spacial score (nSPS) is 20.4. The number of nitrogens with two attached hydrogens (primary N) is 1. The van der Waals surface area contributed by atoms with Crippen LogP contribution in [0.1, 0.15) is 41.0 Å². The maximum Gasteiger partial charge on any atom is 0.240 e. The molecule has 0 aromatic carbocycles. The van der Waals surface area contributed by atoms with Gasteiger partial charge in [0.2, 0.25) is 5.91 Å². The molecule has 0 aromatic rings. The van der Waals surface area contributed by atoms with Crippen LogP contribution in [0.2, 0.25) is 0 Å². The van der Waals surface area contributed by atoms with Crippen molar-refractivity contribution in [2.45, 2.75) is 53.1 Å². The van der Waals surface area contributed by atoms with E-state index in [0.717, 1.165) is 32.6 Å². The minimum atomic E-state index is -0.395. The first-order chi connectivity index (χ1) is 8.31. The van der Waals surface area contributed by atoms with Gasteiger partial charge in [-0.2, -0.15) is 0 Å². The van der Waals surface area contributed by atoms with E-state index in [2.05, 4.69) is 18.7 Å². The van der Waals surface area contributed by atoms with Gasteiger partial charge in [0.1, 0.15) is 0 Å². The van der Waals surface area contributed by atoms with E-state index in [1.54, 1.807) is 0 Å². The lowest BCUT2D eigenvalue weighted by Gasteiger charge is -2.31. The van der Waals surface area contributed by atoms with Gasteiger partial charge in [-0.3, -0.25) is 9.69 Å².